The Kier molecular flexibility index (Phi) is 6.12. The Bertz CT molecular complexity index is 939. The van der Waals surface area contributed by atoms with Gasteiger partial charge in [0.25, 0.3) is 0 Å². The van der Waals surface area contributed by atoms with Crippen molar-refractivity contribution in [3.05, 3.63) is 44.5 Å². The maximum Gasteiger partial charge on any atom is 0.312 e. The van der Waals surface area contributed by atoms with Gasteiger partial charge in [-0.25, -0.2) is 0 Å². The number of carbonyl (C=O) groups is 2. The summed E-state index contributed by atoms with van der Waals surface area (Å²) in [6.07, 6.45) is 2.02. The summed E-state index contributed by atoms with van der Waals surface area (Å²) in [5, 5.41) is 21.5. The van der Waals surface area contributed by atoms with Gasteiger partial charge in [0.1, 0.15) is 23.7 Å². The molecule has 1 aliphatic carbocycles. The van der Waals surface area contributed by atoms with Crippen LogP contribution in [0, 0.1) is 3.57 Å². The molecule has 2 aromatic rings. The predicted molar refractivity (Wildman–Crippen MR) is 114 cm³/mol. The number of aromatic hydroxyl groups is 1. The molecule has 3 rings (SSSR count). The molecule has 148 valence electrons. The molecule has 0 aliphatic heterocycles. The lowest BCUT2D eigenvalue weighted by atomic mass is 10.0. The van der Waals surface area contributed by atoms with Gasteiger partial charge in [0, 0.05) is 16.8 Å². The van der Waals surface area contributed by atoms with E-state index in [2.05, 4.69) is 27.9 Å². The van der Waals surface area contributed by atoms with Crippen LogP contribution in [0.5, 0.6) is 17.2 Å². The zero-order valence-electron chi connectivity index (χ0n) is 15.7. The summed E-state index contributed by atoms with van der Waals surface area (Å²) in [6.45, 7) is 4.02. The van der Waals surface area contributed by atoms with E-state index in [4.69, 9.17) is 9.84 Å². The van der Waals surface area contributed by atoms with Gasteiger partial charge in [0.05, 0.1) is 3.57 Å². The van der Waals surface area contributed by atoms with E-state index in [1.54, 1.807) is 12.1 Å². The molecule has 0 radical (unpaired) electrons. The van der Waals surface area contributed by atoms with Crippen molar-refractivity contribution in [3.63, 3.8) is 0 Å². The summed E-state index contributed by atoms with van der Waals surface area (Å²) in [6, 6.07) is 7.04. The fourth-order valence-corrected chi connectivity index (χ4v) is 4.19. The number of ether oxygens (including phenoxy) is 1. The molecular weight excluding hydrogens is 473 g/mol. The third kappa shape index (κ3) is 4.40. The van der Waals surface area contributed by atoms with Crippen LogP contribution in [0.2, 0.25) is 0 Å². The monoisotopic (exact) mass is 495 g/mol. The van der Waals surface area contributed by atoms with Gasteiger partial charge >= 0.3 is 5.97 Å². The molecule has 2 aromatic carbocycles. The quantitative estimate of drug-likeness (QED) is 0.395. The van der Waals surface area contributed by atoms with Gasteiger partial charge in [-0.05, 0) is 77.6 Å². The van der Waals surface area contributed by atoms with Crippen molar-refractivity contribution in [1.29, 1.82) is 0 Å². The summed E-state index contributed by atoms with van der Waals surface area (Å²) in [5.74, 6) is 0.128. The number of nitrogens with one attached hydrogen (secondary N) is 1. The first kappa shape index (κ1) is 20.4. The number of halogens is 1. The largest absolute Gasteiger partial charge is 0.508 e. The number of hydrogen-bond acceptors (Lipinski definition) is 4. The second kappa shape index (κ2) is 8.38. The molecule has 0 fully saturated rings. The molecule has 7 heteroatoms. The topological polar surface area (TPSA) is 95.9 Å². The predicted octanol–water partition coefficient (Wildman–Crippen LogP) is 4.81. The highest BCUT2D eigenvalue weighted by atomic mass is 127. The number of aliphatic carboxylic acids is 1. The minimum Gasteiger partial charge on any atom is -0.508 e. The Labute approximate surface area is 177 Å². The third-order valence-corrected chi connectivity index (χ3v) is 5.53. The van der Waals surface area contributed by atoms with Gasteiger partial charge in [-0.3, -0.25) is 9.59 Å². The molecule has 28 heavy (non-hydrogen) atoms. The maximum atomic E-state index is 11.9. The molecule has 1 aliphatic rings. The van der Waals surface area contributed by atoms with Crippen LogP contribution in [0.4, 0.5) is 5.69 Å². The van der Waals surface area contributed by atoms with Crippen molar-refractivity contribution in [2.24, 2.45) is 0 Å². The van der Waals surface area contributed by atoms with Gasteiger partial charge in [0.15, 0.2) is 0 Å². The highest BCUT2D eigenvalue weighted by Crippen LogP contribution is 2.42. The van der Waals surface area contributed by atoms with Crippen LogP contribution in [-0.4, -0.2) is 22.1 Å². The van der Waals surface area contributed by atoms with E-state index >= 15 is 0 Å². The van der Waals surface area contributed by atoms with E-state index in [0.29, 0.717) is 11.4 Å². The summed E-state index contributed by atoms with van der Waals surface area (Å²) in [5.41, 5.74) is 3.51. The van der Waals surface area contributed by atoms with Crippen molar-refractivity contribution >= 4 is 40.2 Å². The SMILES string of the molecule is CC(C)c1cc(Oc2c(I)cc(NC(=O)CC(=O)O)c3c2CCC3)ccc1O. The van der Waals surface area contributed by atoms with Crippen LogP contribution in [-0.2, 0) is 22.4 Å². The number of phenolic OH excluding ortho intramolecular Hbond substituents is 1. The molecule has 0 aromatic heterocycles. The number of amides is 1. The molecule has 0 unspecified atom stereocenters. The molecule has 0 heterocycles. The molecule has 1 amide bonds. The summed E-state index contributed by atoms with van der Waals surface area (Å²) >= 11 is 2.17. The van der Waals surface area contributed by atoms with E-state index in [-0.39, 0.29) is 11.7 Å². The Morgan fingerprint density at radius 3 is 2.61 bits per heavy atom. The number of rotatable bonds is 6. The van der Waals surface area contributed by atoms with E-state index in [0.717, 1.165) is 45.3 Å². The maximum absolute atomic E-state index is 11.9. The minimum atomic E-state index is -1.16. The number of carbonyl (C=O) groups excluding carboxylic acids is 1. The molecule has 6 nitrogen and oxygen atoms in total. The fraction of sp³-hybridized carbons (Fsp3) is 0.333. The first-order valence-electron chi connectivity index (χ1n) is 9.13. The first-order chi connectivity index (χ1) is 13.3. The van der Waals surface area contributed by atoms with Gasteiger partial charge in [-0.1, -0.05) is 13.8 Å². The average molecular weight is 495 g/mol. The van der Waals surface area contributed by atoms with Crippen LogP contribution >= 0.6 is 22.6 Å². The van der Waals surface area contributed by atoms with E-state index in [1.807, 2.05) is 26.0 Å². The molecule has 0 atom stereocenters. The minimum absolute atomic E-state index is 0.167. The smallest absolute Gasteiger partial charge is 0.312 e. The Balaban J connectivity index is 1.93. The number of carboxylic acid groups (broad SMARTS) is 1. The second-order valence-corrected chi connectivity index (χ2v) is 8.30. The third-order valence-electron chi connectivity index (χ3n) is 4.73. The lowest BCUT2D eigenvalue weighted by Crippen LogP contribution is -2.17. The van der Waals surface area contributed by atoms with Gasteiger partial charge in [0.2, 0.25) is 5.91 Å². The Morgan fingerprint density at radius 1 is 1.21 bits per heavy atom. The van der Waals surface area contributed by atoms with Crippen LogP contribution < -0.4 is 10.1 Å². The lowest BCUT2D eigenvalue weighted by molar-refractivity contribution is -0.139. The van der Waals surface area contributed by atoms with Gasteiger partial charge < -0.3 is 20.3 Å². The van der Waals surface area contributed by atoms with Gasteiger partial charge in [-0.15, -0.1) is 0 Å². The molecular formula is C21H22INO5. The van der Waals surface area contributed by atoms with Crippen LogP contribution in [0.3, 0.4) is 0 Å². The zero-order chi connectivity index (χ0) is 20.4. The van der Waals surface area contributed by atoms with Crippen molar-refractivity contribution < 1.29 is 24.5 Å². The highest BCUT2D eigenvalue weighted by Gasteiger charge is 2.24. The Hall–Kier alpha value is -2.29. The number of benzene rings is 2. The molecule has 0 bridgehead atoms. The molecule has 0 spiro atoms. The number of anilines is 1. The van der Waals surface area contributed by atoms with E-state index < -0.39 is 18.3 Å². The second-order valence-electron chi connectivity index (χ2n) is 7.14. The Morgan fingerprint density at radius 2 is 1.93 bits per heavy atom. The number of fused-ring (bicyclic) bond motifs is 1. The van der Waals surface area contributed by atoms with Gasteiger partial charge in [-0.2, -0.15) is 0 Å². The fourth-order valence-electron chi connectivity index (χ4n) is 3.45. The first-order valence-corrected chi connectivity index (χ1v) is 10.2. The average Bonchev–Trinajstić information content (AvgIpc) is 3.08. The number of hydrogen-bond donors (Lipinski definition) is 3. The van der Waals surface area contributed by atoms with Crippen LogP contribution in [0.15, 0.2) is 24.3 Å². The van der Waals surface area contributed by atoms with Crippen molar-refractivity contribution in [1.82, 2.24) is 0 Å². The van der Waals surface area contributed by atoms with Crippen molar-refractivity contribution in [3.8, 4) is 17.2 Å². The van der Waals surface area contributed by atoms with E-state index in [1.165, 1.54) is 0 Å². The van der Waals surface area contributed by atoms with Crippen molar-refractivity contribution in [2.45, 2.75) is 45.4 Å². The number of phenols is 1. The van der Waals surface area contributed by atoms with Crippen LogP contribution in [0.25, 0.3) is 0 Å². The molecule has 3 N–H and O–H groups in total. The summed E-state index contributed by atoms with van der Waals surface area (Å²) < 4.78 is 7.03. The number of carboxylic acids is 1. The normalized spacial score (nSPS) is 12.7. The molecule has 0 saturated heterocycles. The summed E-state index contributed by atoms with van der Waals surface area (Å²) in [7, 11) is 0. The lowest BCUT2D eigenvalue weighted by Gasteiger charge is -2.18. The summed E-state index contributed by atoms with van der Waals surface area (Å²) in [4.78, 5) is 22.7. The standard InChI is InChI=1S/C21H22INO5/c1-11(2)15-8-12(6-7-18(15)24)28-21-14-5-3-4-13(14)17(9-16(21)22)23-19(25)10-20(26)27/h6-9,11,24H,3-5,10H2,1-2H3,(H,23,25)(H,26,27). The van der Waals surface area contributed by atoms with E-state index in [9.17, 15) is 14.7 Å². The zero-order valence-corrected chi connectivity index (χ0v) is 17.9. The van der Waals surface area contributed by atoms with Crippen molar-refractivity contribution in [2.75, 3.05) is 5.32 Å². The highest BCUT2D eigenvalue weighted by molar-refractivity contribution is 14.1. The molecule has 0 saturated carbocycles. The van der Waals surface area contributed by atoms with Crippen LogP contribution in [0.1, 0.15) is 49.3 Å².